The molecule has 0 saturated carbocycles. The van der Waals surface area contributed by atoms with Gasteiger partial charge < -0.3 is 11.5 Å². The van der Waals surface area contributed by atoms with Gasteiger partial charge in [0.05, 0.1) is 0 Å². The Morgan fingerprint density at radius 2 is 1.58 bits per heavy atom. The number of rotatable bonds is 7. The third kappa shape index (κ3) is 8.02. The summed E-state index contributed by atoms with van der Waals surface area (Å²) in [5.41, 5.74) is 11.4. The van der Waals surface area contributed by atoms with Gasteiger partial charge in [0.25, 0.3) is 0 Å². The van der Waals surface area contributed by atoms with Crippen LogP contribution in [0.2, 0.25) is 0 Å². The number of hydrogen-bond donors (Lipinski definition) is 2. The van der Waals surface area contributed by atoms with E-state index in [-0.39, 0.29) is 0 Å². The van der Waals surface area contributed by atoms with Gasteiger partial charge in [0.2, 0.25) is 0 Å². The van der Waals surface area contributed by atoms with Crippen molar-refractivity contribution < 1.29 is 0 Å². The quantitative estimate of drug-likeness (QED) is 0.577. The molecule has 0 rings (SSSR count). The van der Waals surface area contributed by atoms with Crippen molar-refractivity contribution in [3.05, 3.63) is 0 Å². The summed E-state index contributed by atoms with van der Waals surface area (Å²) in [6, 6.07) is 0.783. The Kier molecular flexibility index (Phi) is 7.51. The van der Waals surface area contributed by atoms with Gasteiger partial charge in [0.15, 0.2) is 0 Å². The highest BCUT2D eigenvalue weighted by atomic mass is 14.6. The molecule has 0 radical (unpaired) electrons. The largest absolute Gasteiger partial charge is 0.328 e. The van der Waals surface area contributed by atoms with Crippen molar-refractivity contribution in [2.45, 2.75) is 64.5 Å². The summed E-state index contributed by atoms with van der Waals surface area (Å²) < 4.78 is 0. The summed E-state index contributed by atoms with van der Waals surface area (Å²) >= 11 is 0. The summed E-state index contributed by atoms with van der Waals surface area (Å²) in [5, 5.41) is 0. The van der Waals surface area contributed by atoms with Gasteiger partial charge >= 0.3 is 0 Å². The number of hydrogen-bond acceptors (Lipinski definition) is 2. The monoisotopic (exact) mass is 172 g/mol. The molecule has 0 saturated heterocycles. The van der Waals surface area contributed by atoms with Crippen LogP contribution in [0.5, 0.6) is 0 Å². The van der Waals surface area contributed by atoms with Crippen molar-refractivity contribution in [1.82, 2.24) is 0 Å². The zero-order chi connectivity index (χ0) is 9.40. The molecule has 2 nitrogen and oxygen atoms in total. The highest BCUT2D eigenvalue weighted by Crippen LogP contribution is 2.07. The number of unbranched alkanes of at least 4 members (excludes halogenated alkanes) is 2. The summed E-state index contributed by atoms with van der Waals surface area (Å²) in [5.74, 6) is 0. The van der Waals surface area contributed by atoms with Gasteiger partial charge in [-0.15, -0.1) is 0 Å². The molecule has 0 aromatic carbocycles. The number of nitrogens with two attached hydrogens (primary N) is 2. The van der Waals surface area contributed by atoms with Crippen LogP contribution in [0.3, 0.4) is 0 Å². The van der Waals surface area contributed by atoms with Crippen molar-refractivity contribution >= 4 is 0 Å². The van der Waals surface area contributed by atoms with Crippen LogP contribution in [0.4, 0.5) is 0 Å². The van der Waals surface area contributed by atoms with E-state index in [4.69, 9.17) is 11.5 Å². The van der Waals surface area contributed by atoms with E-state index < -0.39 is 0 Å². The van der Waals surface area contributed by atoms with Crippen LogP contribution in [0.1, 0.15) is 52.4 Å². The first kappa shape index (κ1) is 11.9. The molecule has 0 aliphatic carbocycles. The van der Waals surface area contributed by atoms with Crippen LogP contribution in [0, 0.1) is 0 Å². The summed E-state index contributed by atoms with van der Waals surface area (Å²) in [4.78, 5) is 0. The molecule has 0 aliphatic heterocycles. The molecule has 0 amide bonds. The van der Waals surface area contributed by atoms with Crippen LogP contribution in [-0.2, 0) is 0 Å². The molecule has 12 heavy (non-hydrogen) atoms. The second-order valence-electron chi connectivity index (χ2n) is 3.78. The van der Waals surface area contributed by atoms with Gasteiger partial charge in [-0.1, -0.05) is 26.2 Å². The highest BCUT2D eigenvalue weighted by molar-refractivity contribution is 4.59. The molecule has 0 aromatic heterocycles. The average Bonchev–Trinajstić information content (AvgIpc) is 2.03. The van der Waals surface area contributed by atoms with Crippen molar-refractivity contribution in [2.24, 2.45) is 11.5 Å². The summed E-state index contributed by atoms with van der Waals surface area (Å²) in [6.07, 6.45) is 7.25. The zero-order valence-electron chi connectivity index (χ0n) is 8.55. The van der Waals surface area contributed by atoms with Gasteiger partial charge in [-0.3, -0.25) is 0 Å². The van der Waals surface area contributed by atoms with Gasteiger partial charge in [0, 0.05) is 12.1 Å². The molecule has 4 N–H and O–H groups in total. The second kappa shape index (κ2) is 7.56. The normalized spacial score (nSPS) is 16.0. The van der Waals surface area contributed by atoms with Gasteiger partial charge in [-0.2, -0.15) is 0 Å². The van der Waals surface area contributed by atoms with E-state index in [2.05, 4.69) is 13.8 Å². The predicted octanol–water partition coefficient (Wildman–Crippen LogP) is 2.02. The smallest absolute Gasteiger partial charge is 0.00362 e. The summed E-state index contributed by atoms with van der Waals surface area (Å²) in [7, 11) is 0. The minimum Gasteiger partial charge on any atom is -0.328 e. The van der Waals surface area contributed by atoms with E-state index in [9.17, 15) is 0 Å². The topological polar surface area (TPSA) is 52.0 Å². The predicted molar refractivity (Wildman–Crippen MR) is 55.0 cm³/mol. The SMILES string of the molecule is CCC(N)CCCCCC(C)N. The summed E-state index contributed by atoms with van der Waals surface area (Å²) in [6.45, 7) is 4.21. The van der Waals surface area contributed by atoms with Crippen LogP contribution in [-0.4, -0.2) is 12.1 Å². The lowest BCUT2D eigenvalue weighted by atomic mass is 10.0. The Balaban J connectivity index is 3.00. The van der Waals surface area contributed by atoms with Crippen LogP contribution < -0.4 is 11.5 Å². The highest BCUT2D eigenvalue weighted by Gasteiger charge is 1.98. The fourth-order valence-electron chi connectivity index (χ4n) is 1.25. The maximum atomic E-state index is 5.79. The van der Waals surface area contributed by atoms with Crippen molar-refractivity contribution in [1.29, 1.82) is 0 Å². The second-order valence-corrected chi connectivity index (χ2v) is 3.78. The fourth-order valence-corrected chi connectivity index (χ4v) is 1.25. The molecule has 0 bridgehead atoms. The lowest BCUT2D eigenvalue weighted by Gasteiger charge is -2.08. The Labute approximate surface area is 76.7 Å². The zero-order valence-corrected chi connectivity index (χ0v) is 8.55. The van der Waals surface area contributed by atoms with E-state index in [1.165, 1.54) is 25.7 Å². The van der Waals surface area contributed by atoms with E-state index >= 15 is 0 Å². The molecule has 0 heterocycles. The third-order valence-electron chi connectivity index (χ3n) is 2.26. The maximum Gasteiger partial charge on any atom is 0.00362 e. The van der Waals surface area contributed by atoms with Crippen molar-refractivity contribution in [3.8, 4) is 0 Å². The lowest BCUT2D eigenvalue weighted by molar-refractivity contribution is 0.517. The minimum absolute atomic E-state index is 0.366. The first-order valence-electron chi connectivity index (χ1n) is 5.18. The molecular formula is C10H24N2. The van der Waals surface area contributed by atoms with E-state index in [1.807, 2.05) is 0 Å². The molecule has 0 spiro atoms. The lowest BCUT2D eigenvalue weighted by Crippen LogP contribution is -2.18. The van der Waals surface area contributed by atoms with E-state index in [1.54, 1.807) is 0 Å². The van der Waals surface area contributed by atoms with Gasteiger partial charge in [-0.25, -0.2) is 0 Å². The standard InChI is InChI=1S/C10H24N2/c1-3-10(12)8-6-4-5-7-9(2)11/h9-10H,3-8,11-12H2,1-2H3. The minimum atomic E-state index is 0.366. The third-order valence-corrected chi connectivity index (χ3v) is 2.26. The van der Waals surface area contributed by atoms with Crippen molar-refractivity contribution in [3.63, 3.8) is 0 Å². The fraction of sp³-hybridized carbons (Fsp3) is 1.00. The van der Waals surface area contributed by atoms with Gasteiger partial charge in [-0.05, 0) is 26.2 Å². The molecule has 0 aromatic rings. The van der Waals surface area contributed by atoms with Crippen molar-refractivity contribution in [2.75, 3.05) is 0 Å². The molecule has 2 unspecified atom stereocenters. The average molecular weight is 172 g/mol. The van der Waals surface area contributed by atoms with E-state index in [0.717, 1.165) is 12.8 Å². The van der Waals surface area contributed by atoms with Crippen LogP contribution in [0.15, 0.2) is 0 Å². The van der Waals surface area contributed by atoms with Crippen LogP contribution in [0.25, 0.3) is 0 Å². The molecular weight excluding hydrogens is 148 g/mol. The Morgan fingerprint density at radius 3 is 2.08 bits per heavy atom. The molecule has 0 fully saturated rings. The first-order valence-corrected chi connectivity index (χ1v) is 5.18. The van der Waals surface area contributed by atoms with E-state index in [0.29, 0.717) is 12.1 Å². The van der Waals surface area contributed by atoms with Gasteiger partial charge in [0.1, 0.15) is 0 Å². The first-order chi connectivity index (χ1) is 5.66. The molecule has 0 aliphatic rings. The molecule has 2 heteroatoms. The molecule has 2 atom stereocenters. The Morgan fingerprint density at radius 1 is 1.00 bits per heavy atom. The maximum absolute atomic E-state index is 5.79. The molecule has 74 valence electrons. The Hall–Kier alpha value is -0.0800. The Bertz CT molecular complexity index is 91.8. The van der Waals surface area contributed by atoms with Crippen LogP contribution >= 0.6 is 0 Å².